The molecule has 3 N–H and O–H groups in total. The number of ether oxygens (including phenoxy) is 1. The summed E-state index contributed by atoms with van der Waals surface area (Å²) in [5.41, 5.74) is 5.69. The first-order chi connectivity index (χ1) is 6.18. The Morgan fingerprint density at radius 3 is 2.77 bits per heavy atom. The van der Waals surface area contributed by atoms with Crippen LogP contribution in [0.25, 0.3) is 0 Å². The second-order valence-corrected chi connectivity index (χ2v) is 3.51. The number of methoxy groups -OCH3 is 1. The molecule has 0 bridgehead atoms. The van der Waals surface area contributed by atoms with Gasteiger partial charge in [-0.25, -0.2) is 0 Å². The minimum absolute atomic E-state index is 0.000972. The van der Waals surface area contributed by atoms with Gasteiger partial charge in [-0.15, -0.1) is 6.58 Å². The Balaban J connectivity index is 3.73. The van der Waals surface area contributed by atoms with E-state index in [-0.39, 0.29) is 5.54 Å². The molecule has 0 saturated carbocycles. The molecule has 0 radical (unpaired) electrons. The van der Waals surface area contributed by atoms with Crippen LogP contribution in [0.3, 0.4) is 0 Å². The maximum atomic E-state index is 5.69. The zero-order chi connectivity index (χ0) is 10.2. The molecule has 0 aromatic rings. The lowest BCUT2D eigenvalue weighted by Gasteiger charge is -2.29. The van der Waals surface area contributed by atoms with E-state index >= 15 is 0 Å². The molecular formula is C10H22N2O. The summed E-state index contributed by atoms with van der Waals surface area (Å²) in [4.78, 5) is 0. The summed E-state index contributed by atoms with van der Waals surface area (Å²) in [6, 6.07) is 0. The van der Waals surface area contributed by atoms with Crippen LogP contribution in [0, 0.1) is 0 Å². The summed E-state index contributed by atoms with van der Waals surface area (Å²) in [7, 11) is 1.71. The van der Waals surface area contributed by atoms with Crippen molar-refractivity contribution in [2.75, 3.05) is 26.8 Å². The van der Waals surface area contributed by atoms with Crippen molar-refractivity contribution in [2.24, 2.45) is 5.73 Å². The zero-order valence-corrected chi connectivity index (χ0v) is 8.81. The van der Waals surface area contributed by atoms with E-state index in [1.165, 1.54) is 0 Å². The van der Waals surface area contributed by atoms with Crippen LogP contribution in [0.2, 0.25) is 0 Å². The second kappa shape index (κ2) is 7.06. The van der Waals surface area contributed by atoms with Crippen molar-refractivity contribution in [1.82, 2.24) is 5.32 Å². The molecule has 13 heavy (non-hydrogen) atoms. The first-order valence-corrected chi connectivity index (χ1v) is 4.73. The minimum Gasteiger partial charge on any atom is -0.385 e. The lowest BCUT2D eigenvalue weighted by atomic mass is 9.98. The largest absolute Gasteiger partial charge is 0.385 e. The average Bonchev–Trinajstić information content (AvgIpc) is 2.15. The smallest absolute Gasteiger partial charge is 0.0480 e. The van der Waals surface area contributed by atoms with Crippen molar-refractivity contribution in [2.45, 2.75) is 25.3 Å². The Bertz CT molecular complexity index is 139. The Morgan fingerprint density at radius 2 is 2.31 bits per heavy atom. The van der Waals surface area contributed by atoms with Crippen LogP contribution in [0.4, 0.5) is 0 Å². The predicted octanol–water partition coefficient (Wildman–Crippen LogP) is 0.906. The highest BCUT2D eigenvalue weighted by Crippen LogP contribution is 2.07. The third kappa shape index (κ3) is 5.80. The first kappa shape index (κ1) is 12.6. The monoisotopic (exact) mass is 186 g/mol. The summed E-state index contributed by atoms with van der Waals surface area (Å²) in [5.74, 6) is 0. The normalized spacial score (nSPS) is 15.3. The van der Waals surface area contributed by atoms with Crippen molar-refractivity contribution >= 4 is 0 Å². The van der Waals surface area contributed by atoms with Gasteiger partial charge in [0.15, 0.2) is 0 Å². The van der Waals surface area contributed by atoms with E-state index in [0.29, 0.717) is 6.54 Å². The second-order valence-electron chi connectivity index (χ2n) is 3.51. The van der Waals surface area contributed by atoms with Crippen LogP contribution in [0.5, 0.6) is 0 Å². The van der Waals surface area contributed by atoms with E-state index in [1.54, 1.807) is 7.11 Å². The summed E-state index contributed by atoms with van der Waals surface area (Å²) in [6.45, 7) is 8.10. The number of rotatable bonds is 8. The van der Waals surface area contributed by atoms with Crippen LogP contribution in [-0.2, 0) is 4.74 Å². The molecule has 3 nitrogen and oxygen atoms in total. The molecule has 0 aromatic carbocycles. The molecule has 1 atom stereocenters. The Kier molecular flexibility index (Phi) is 6.86. The van der Waals surface area contributed by atoms with E-state index in [0.717, 1.165) is 26.0 Å². The predicted molar refractivity (Wildman–Crippen MR) is 56.8 cm³/mol. The highest BCUT2D eigenvalue weighted by Gasteiger charge is 2.20. The third-order valence-electron chi connectivity index (χ3n) is 2.21. The highest BCUT2D eigenvalue weighted by molar-refractivity contribution is 4.84. The topological polar surface area (TPSA) is 47.3 Å². The average molecular weight is 186 g/mol. The quantitative estimate of drug-likeness (QED) is 0.437. The van der Waals surface area contributed by atoms with Crippen LogP contribution in [0.1, 0.15) is 19.8 Å². The molecule has 0 aliphatic carbocycles. The van der Waals surface area contributed by atoms with Crippen molar-refractivity contribution in [3.8, 4) is 0 Å². The van der Waals surface area contributed by atoms with Crippen LogP contribution in [-0.4, -0.2) is 32.3 Å². The van der Waals surface area contributed by atoms with Gasteiger partial charge in [0.2, 0.25) is 0 Å². The van der Waals surface area contributed by atoms with Crippen LogP contribution < -0.4 is 11.1 Å². The molecule has 1 unspecified atom stereocenters. The summed E-state index contributed by atoms with van der Waals surface area (Å²) < 4.78 is 5.03. The van der Waals surface area contributed by atoms with Gasteiger partial charge in [-0.05, 0) is 26.3 Å². The minimum atomic E-state index is -0.000972. The molecule has 0 fully saturated rings. The van der Waals surface area contributed by atoms with Gasteiger partial charge < -0.3 is 15.8 Å². The summed E-state index contributed by atoms with van der Waals surface area (Å²) >= 11 is 0. The lowest BCUT2D eigenvalue weighted by Crippen LogP contribution is -2.49. The molecular weight excluding hydrogens is 164 g/mol. The molecule has 0 rings (SSSR count). The number of nitrogens with one attached hydrogen (secondary N) is 1. The van der Waals surface area contributed by atoms with E-state index in [1.807, 2.05) is 6.08 Å². The van der Waals surface area contributed by atoms with Gasteiger partial charge in [-0.2, -0.15) is 0 Å². The molecule has 0 aliphatic heterocycles. The number of hydrogen-bond acceptors (Lipinski definition) is 3. The van der Waals surface area contributed by atoms with Gasteiger partial charge in [0.25, 0.3) is 0 Å². The number of hydrogen-bond donors (Lipinski definition) is 2. The Hall–Kier alpha value is -0.380. The van der Waals surface area contributed by atoms with Crippen molar-refractivity contribution < 1.29 is 4.74 Å². The molecule has 0 spiro atoms. The standard InChI is InChI=1S/C10H22N2O/c1-4-5-7-12-10(2,9-11)6-8-13-3/h4,12H,1,5-9,11H2,2-3H3. The Labute approximate surface area is 81.3 Å². The van der Waals surface area contributed by atoms with Gasteiger partial charge >= 0.3 is 0 Å². The van der Waals surface area contributed by atoms with E-state index in [4.69, 9.17) is 10.5 Å². The van der Waals surface area contributed by atoms with Gasteiger partial charge in [-0.1, -0.05) is 6.08 Å². The lowest BCUT2D eigenvalue weighted by molar-refractivity contribution is 0.162. The molecule has 78 valence electrons. The van der Waals surface area contributed by atoms with Gasteiger partial charge in [0.05, 0.1) is 0 Å². The molecule has 3 heteroatoms. The van der Waals surface area contributed by atoms with E-state index in [2.05, 4.69) is 18.8 Å². The first-order valence-electron chi connectivity index (χ1n) is 4.73. The summed E-state index contributed by atoms with van der Waals surface area (Å²) in [6.07, 6.45) is 3.82. The van der Waals surface area contributed by atoms with Crippen molar-refractivity contribution in [1.29, 1.82) is 0 Å². The Morgan fingerprint density at radius 1 is 1.62 bits per heavy atom. The van der Waals surface area contributed by atoms with E-state index in [9.17, 15) is 0 Å². The summed E-state index contributed by atoms with van der Waals surface area (Å²) in [5, 5.41) is 3.41. The molecule has 0 aromatic heterocycles. The van der Waals surface area contributed by atoms with Gasteiger partial charge in [-0.3, -0.25) is 0 Å². The van der Waals surface area contributed by atoms with Crippen molar-refractivity contribution in [3.05, 3.63) is 12.7 Å². The highest BCUT2D eigenvalue weighted by atomic mass is 16.5. The SMILES string of the molecule is C=CCCNC(C)(CN)CCOC. The number of nitrogens with two attached hydrogens (primary N) is 1. The maximum absolute atomic E-state index is 5.69. The molecule has 0 heterocycles. The van der Waals surface area contributed by atoms with E-state index < -0.39 is 0 Å². The zero-order valence-electron chi connectivity index (χ0n) is 8.81. The molecule has 0 aliphatic rings. The fourth-order valence-corrected chi connectivity index (χ4v) is 1.07. The fraction of sp³-hybridized carbons (Fsp3) is 0.800. The molecule has 0 amide bonds. The van der Waals surface area contributed by atoms with Crippen LogP contribution >= 0.6 is 0 Å². The van der Waals surface area contributed by atoms with Gasteiger partial charge in [0.1, 0.15) is 0 Å². The van der Waals surface area contributed by atoms with Gasteiger partial charge in [0, 0.05) is 25.8 Å². The van der Waals surface area contributed by atoms with Crippen LogP contribution in [0.15, 0.2) is 12.7 Å². The molecule has 0 saturated heterocycles. The third-order valence-corrected chi connectivity index (χ3v) is 2.21. The fourth-order valence-electron chi connectivity index (χ4n) is 1.07. The maximum Gasteiger partial charge on any atom is 0.0480 e. The van der Waals surface area contributed by atoms with Crippen molar-refractivity contribution in [3.63, 3.8) is 0 Å².